The van der Waals surface area contributed by atoms with Gasteiger partial charge in [-0.25, -0.2) is 9.78 Å². The molecule has 0 bridgehead atoms. The maximum absolute atomic E-state index is 12.3. The lowest BCUT2D eigenvalue weighted by Crippen LogP contribution is -2.40. The fraction of sp³-hybridized carbons (Fsp3) is 0.688. The van der Waals surface area contributed by atoms with Gasteiger partial charge in [-0.1, -0.05) is 0 Å². The van der Waals surface area contributed by atoms with Gasteiger partial charge >= 0.3 is 6.09 Å². The molecule has 1 amide bonds. The van der Waals surface area contributed by atoms with Crippen LogP contribution in [0, 0.1) is 0 Å². The summed E-state index contributed by atoms with van der Waals surface area (Å²) in [5, 5.41) is 3.39. The average Bonchev–Trinajstić information content (AvgIpc) is 2.92. The Labute approximate surface area is 135 Å². The maximum Gasteiger partial charge on any atom is 0.416 e. The van der Waals surface area contributed by atoms with Crippen molar-refractivity contribution in [3.8, 4) is 0 Å². The molecule has 1 aromatic rings. The zero-order valence-corrected chi connectivity index (χ0v) is 13.2. The molecule has 3 fully saturated rings. The third-order valence-electron chi connectivity index (χ3n) is 5.01. The lowest BCUT2D eigenvalue weighted by Gasteiger charge is -2.30. The van der Waals surface area contributed by atoms with Crippen LogP contribution >= 0.6 is 0 Å². The molecule has 4 heterocycles. The second kappa shape index (κ2) is 6.05. The van der Waals surface area contributed by atoms with E-state index in [2.05, 4.69) is 10.3 Å². The summed E-state index contributed by atoms with van der Waals surface area (Å²) in [5.74, 6) is 0.966. The summed E-state index contributed by atoms with van der Waals surface area (Å²) in [7, 11) is 0. The van der Waals surface area contributed by atoms with Gasteiger partial charge in [0, 0.05) is 31.5 Å². The standard InChI is InChI=1S/C16H22N4O3/c21-15-20(11-16(23-15)3-6-22-7-4-16)14-10-18-9-13(19-14)12-2-1-5-17-8-12/h9-10,12,17H,1-8,11H2/t12-/m0/s1. The number of piperidine rings is 1. The second-order valence-corrected chi connectivity index (χ2v) is 6.59. The predicted octanol–water partition coefficient (Wildman–Crippen LogP) is 1.45. The van der Waals surface area contributed by atoms with Crippen molar-refractivity contribution in [1.29, 1.82) is 0 Å². The Hall–Kier alpha value is -1.73. The molecule has 23 heavy (non-hydrogen) atoms. The lowest BCUT2D eigenvalue weighted by molar-refractivity contribution is -0.0431. The quantitative estimate of drug-likeness (QED) is 0.889. The number of ether oxygens (including phenoxy) is 2. The van der Waals surface area contributed by atoms with Crippen molar-refractivity contribution in [2.24, 2.45) is 0 Å². The summed E-state index contributed by atoms with van der Waals surface area (Å²) in [4.78, 5) is 22.9. The molecule has 124 valence electrons. The maximum atomic E-state index is 12.3. The van der Waals surface area contributed by atoms with Gasteiger partial charge in [0.05, 0.1) is 31.6 Å². The van der Waals surface area contributed by atoms with E-state index in [1.54, 1.807) is 11.1 Å². The van der Waals surface area contributed by atoms with E-state index in [4.69, 9.17) is 14.5 Å². The van der Waals surface area contributed by atoms with Crippen LogP contribution in [-0.2, 0) is 9.47 Å². The Kier molecular flexibility index (Phi) is 3.90. The number of anilines is 1. The number of nitrogens with zero attached hydrogens (tertiary/aromatic N) is 3. The summed E-state index contributed by atoms with van der Waals surface area (Å²) in [6.45, 7) is 3.80. The van der Waals surface area contributed by atoms with Crippen LogP contribution in [0.1, 0.15) is 37.3 Å². The fourth-order valence-corrected chi connectivity index (χ4v) is 3.60. The molecule has 0 aromatic carbocycles. The van der Waals surface area contributed by atoms with E-state index in [1.165, 1.54) is 0 Å². The molecule has 0 radical (unpaired) electrons. The summed E-state index contributed by atoms with van der Waals surface area (Å²) in [6.07, 6.45) is 6.89. The molecule has 1 N–H and O–H groups in total. The average molecular weight is 318 g/mol. The first kappa shape index (κ1) is 14.8. The molecular formula is C16H22N4O3. The number of nitrogens with one attached hydrogen (secondary N) is 1. The van der Waals surface area contributed by atoms with Crippen molar-refractivity contribution >= 4 is 11.9 Å². The lowest BCUT2D eigenvalue weighted by atomic mass is 9.94. The van der Waals surface area contributed by atoms with Crippen molar-refractivity contribution in [3.05, 3.63) is 18.1 Å². The topological polar surface area (TPSA) is 76.6 Å². The molecule has 1 aromatic heterocycles. The van der Waals surface area contributed by atoms with Crippen LogP contribution < -0.4 is 10.2 Å². The summed E-state index contributed by atoms with van der Waals surface area (Å²) in [5.41, 5.74) is 0.537. The van der Waals surface area contributed by atoms with Crippen LogP contribution in [0.5, 0.6) is 0 Å². The largest absolute Gasteiger partial charge is 0.440 e. The molecule has 4 rings (SSSR count). The number of rotatable bonds is 2. The van der Waals surface area contributed by atoms with Crippen LogP contribution in [0.2, 0.25) is 0 Å². The van der Waals surface area contributed by atoms with Crippen molar-refractivity contribution in [2.45, 2.75) is 37.2 Å². The van der Waals surface area contributed by atoms with E-state index in [0.29, 0.717) is 31.5 Å². The minimum atomic E-state index is -0.417. The van der Waals surface area contributed by atoms with E-state index >= 15 is 0 Å². The SMILES string of the molecule is O=C1OC2(CCOCC2)CN1c1cncc([C@H]2CCCNC2)n1. The van der Waals surface area contributed by atoms with Gasteiger partial charge in [0.2, 0.25) is 0 Å². The monoisotopic (exact) mass is 318 g/mol. The van der Waals surface area contributed by atoms with Gasteiger partial charge in [-0.2, -0.15) is 0 Å². The molecule has 3 aliphatic rings. The highest BCUT2D eigenvalue weighted by molar-refractivity contribution is 5.89. The molecular weight excluding hydrogens is 296 g/mol. The van der Waals surface area contributed by atoms with Gasteiger partial charge in [-0.05, 0) is 19.4 Å². The Bertz CT molecular complexity index is 582. The highest BCUT2D eigenvalue weighted by atomic mass is 16.6. The van der Waals surface area contributed by atoms with Crippen LogP contribution in [0.4, 0.5) is 10.6 Å². The summed E-state index contributed by atoms with van der Waals surface area (Å²) >= 11 is 0. The summed E-state index contributed by atoms with van der Waals surface area (Å²) in [6, 6.07) is 0. The fourth-order valence-electron chi connectivity index (χ4n) is 3.60. The third kappa shape index (κ3) is 2.90. The van der Waals surface area contributed by atoms with Gasteiger partial charge in [0.25, 0.3) is 0 Å². The first-order valence-electron chi connectivity index (χ1n) is 8.37. The highest BCUT2D eigenvalue weighted by Crippen LogP contribution is 2.34. The van der Waals surface area contributed by atoms with E-state index in [1.807, 2.05) is 6.20 Å². The highest BCUT2D eigenvalue weighted by Gasteiger charge is 2.47. The number of amides is 1. The number of carbonyl (C=O) groups excluding carboxylic acids is 1. The molecule has 1 spiro atoms. The van der Waals surface area contributed by atoms with Gasteiger partial charge in [-0.15, -0.1) is 0 Å². The minimum Gasteiger partial charge on any atom is -0.440 e. The molecule has 0 unspecified atom stereocenters. The van der Waals surface area contributed by atoms with Gasteiger partial charge in [-0.3, -0.25) is 9.88 Å². The molecule has 7 nitrogen and oxygen atoms in total. The van der Waals surface area contributed by atoms with E-state index in [-0.39, 0.29) is 6.09 Å². The van der Waals surface area contributed by atoms with E-state index in [0.717, 1.165) is 44.5 Å². The molecule has 7 heteroatoms. The van der Waals surface area contributed by atoms with Gasteiger partial charge in [0.15, 0.2) is 5.82 Å². The first-order valence-corrected chi connectivity index (χ1v) is 8.37. The Balaban J connectivity index is 1.54. The predicted molar refractivity (Wildman–Crippen MR) is 83.5 cm³/mol. The smallest absolute Gasteiger partial charge is 0.416 e. The number of hydrogen-bond donors (Lipinski definition) is 1. The molecule has 1 atom stereocenters. The molecule has 3 aliphatic heterocycles. The Morgan fingerprint density at radius 3 is 2.96 bits per heavy atom. The van der Waals surface area contributed by atoms with Crippen molar-refractivity contribution < 1.29 is 14.3 Å². The van der Waals surface area contributed by atoms with Crippen LogP contribution in [0.15, 0.2) is 12.4 Å². The van der Waals surface area contributed by atoms with Gasteiger partial charge < -0.3 is 14.8 Å². The minimum absolute atomic E-state index is 0.319. The zero-order chi connectivity index (χ0) is 15.7. The van der Waals surface area contributed by atoms with Crippen molar-refractivity contribution in [3.63, 3.8) is 0 Å². The zero-order valence-electron chi connectivity index (χ0n) is 13.2. The van der Waals surface area contributed by atoms with E-state index < -0.39 is 5.60 Å². The number of carbonyl (C=O) groups is 1. The summed E-state index contributed by atoms with van der Waals surface area (Å²) < 4.78 is 11.1. The second-order valence-electron chi connectivity index (χ2n) is 6.59. The van der Waals surface area contributed by atoms with Crippen LogP contribution in [-0.4, -0.2) is 54.5 Å². The van der Waals surface area contributed by atoms with E-state index in [9.17, 15) is 4.79 Å². The molecule has 0 saturated carbocycles. The third-order valence-corrected chi connectivity index (χ3v) is 5.01. The van der Waals surface area contributed by atoms with Crippen molar-refractivity contribution in [1.82, 2.24) is 15.3 Å². The van der Waals surface area contributed by atoms with Crippen LogP contribution in [0.25, 0.3) is 0 Å². The normalized spacial score (nSPS) is 27.2. The number of aromatic nitrogens is 2. The van der Waals surface area contributed by atoms with Crippen molar-refractivity contribution in [2.75, 3.05) is 37.7 Å². The first-order chi connectivity index (χ1) is 11.3. The van der Waals surface area contributed by atoms with Crippen LogP contribution in [0.3, 0.4) is 0 Å². The number of hydrogen-bond acceptors (Lipinski definition) is 6. The Morgan fingerprint density at radius 1 is 1.30 bits per heavy atom. The molecule has 0 aliphatic carbocycles. The molecule has 3 saturated heterocycles. The van der Waals surface area contributed by atoms with Gasteiger partial charge in [0.1, 0.15) is 5.60 Å². The Morgan fingerprint density at radius 2 is 2.17 bits per heavy atom.